The second-order valence-corrected chi connectivity index (χ2v) is 6.10. The highest BCUT2D eigenvalue weighted by Crippen LogP contribution is 2.00. The summed E-state index contributed by atoms with van der Waals surface area (Å²) in [7, 11) is 0. The third-order valence-electron chi connectivity index (χ3n) is 3.07. The Labute approximate surface area is 151 Å². The highest BCUT2D eigenvalue weighted by molar-refractivity contribution is 7.80. The Morgan fingerprint density at radius 2 is 1.42 bits per heavy atom. The molecule has 138 valence electrons. The summed E-state index contributed by atoms with van der Waals surface area (Å²) < 4.78 is 0. The van der Waals surface area contributed by atoms with Gasteiger partial charge in [0.15, 0.2) is 0 Å². The van der Waals surface area contributed by atoms with Crippen LogP contribution in [0.3, 0.4) is 0 Å². The van der Waals surface area contributed by atoms with Crippen LogP contribution in [0.15, 0.2) is 0 Å². The van der Waals surface area contributed by atoms with Gasteiger partial charge in [-0.1, -0.05) is 13.8 Å². The van der Waals surface area contributed by atoms with Crippen molar-refractivity contribution in [1.82, 2.24) is 16.0 Å². The van der Waals surface area contributed by atoms with Crippen LogP contribution in [-0.4, -0.2) is 65.0 Å². The first-order valence-electron chi connectivity index (χ1n) is 7.21. The Morgan fingerprint density at radius 1 is 0.958 bits per heavy atom. The van der Waals surface area contributed by atoms with Crippen molar-refractivity contribution in [3.8, 4) is 0 Å². The number of carboxylic acid groups (broad SMARTS) is 1. The normalized spacial score (nSPS) is 14.4. The molecule has 3 amide bonds. The van der Waals surface area contributed by atoms with Crippen LogP contribution in [0, 0.1) is 5.92 Å². The van der Waals surface area contributed by atoms with Crippen molar-refractivity contribution in [3.05, 3.63) is 0 Å². The fourth-order valence-corrected chi connectivity index (χ4v) is 2.03. The molecule has 0 aliphatic carbocycles. The molecule has 3 atom stereocenters. The third kappa shape index (κ3) is 7.88. The lowest BCUT2D eigenvalue weighted by Gasteiger charge is -2.23. The van der Waals surface area contributed by atoms with E-state index in [-0.39, 0.29) is 17.4 Å². The lowest BCUT2D eigenvalue weighted by molar-refractivity contribution is -0.138. The maximum Gasteiger partial charge on any atom is 0.322 e. The average Bonchev–Trinajstić information content (AvgIpc) is 2.53. The molecule has 0 fully saturated rings. The molecule has 0 radical (unpaired) electrons. The molecule has 0 saturated heterocycles. The van der Waals surface area contributed by atoms with E-state index in [4.69, 9.17) is 10.8 Å². The molecule has 0 aromatic heterocycles. The first-order chi connectivity index (χ1) is 11.1. The standard InChI is InChI=1S/C13H24N4O5S2/c1-6(2)10(14)13(22)17-8(5-24)12(21)16-7(4-23)11(20)15-3-9(18)19/h6-8,10,23-24H,3-5,14H2,1-2H3,(H,15,20)(H,16,21)(H,17,22)(H,18,19). The van der Waals surface area contributed by atoms with Crippen LogP contribution >= 0.6 is 25.3 Å². The van der Waals surface area contributed by atoms with Crippen molar-refractivity contribution in [1.29, 1.82) is 0 Å². The second-order valence-electron chi connectivity index (χ2n) is 5.37. The number of hydrogen-bond acceptors (Lipinski definition) is 7. The van der Waals surface area contributed by atoms with Gasteiger partial charge < -0.3 is 26.8 Å². The molecule has 11 heteroatoms. The SMILES string of the molecule is CC(C)C(N)C(=O)NC(CS)C(=O)NC(CS)C(=O)NCC(=O)O. The predicted molar refractivity (Wildman–Crippen MR) is 95.0 cm³/mol. The predicted octanol–water partition coefficient (Wildman–Crippen LogP) is -2.00. The Kier molecular flexibility index (Phi) is 10.5. The Hall–Kier alpha value is -1.46. The number of nitrogens with two attached hydrogens (primary N) is 1. The quantitative estimate of drug-likeness (QED) is 0.218. The van der Waals surface area contributed by atoms with Crippen LogP contribution in [-0.2, 0) is 19.2 Å². The summed E-state index contributed by atoms with van der Waals surface area (Å²) in [5.41, 5.74) is 5.71. The third-order valence-corrected chi connectivity index (χ3v) is 3.80. The molecule has 9 nitrogen and oxygen atoms in total. The van der Waals surface area contributed by atoms with Crippen LogP contribution in [0.25, 0.3) is 0 Å². The number of rotatable bonds is 10. The minimum atomic E-state index is -1.21. The van der Waals surface area contributed by atoms with Crippen LogP contribution in [0.5, 0.6) is 0 Å². The van der Waals surface area contributed by atoms with Crippen LogP contribution in [0.1, 0.15) is 13.8 Å². The van der Waals surface area contributed by atoms with Gasteiger partial charge in [0.1, 0.15) is 18.6 Å². The smallest absolute Gasteiger partial charge is 0.322 e. The molecule has 0 aromatic carbocycles. The van der Waals surface area contributed by atoms with Crippen molar-refractivity contribution in [2.45, 2.75) is 32.0 Å². The molecule has 3 unspecified atom stereocenters. The van der Waals surface area contributed by atoms with Crippen molar-refractivity contribution in [2.24, 2.45) is 11.7 Å². The zero-order chi connectivity index (χ0) is 18.9. The summed E-state index contributed by atoms with van der Waals surface area (Å²) in [6.45, 7) is 2.96. The van der Waals surface area contributed by atoms with Gasteiger partial charge in [0.2, 0.25) is 17.7 Å². The molecule has 0 aliphatic heterocycles. The number of nitrogens with one attached hydrogen (secondary N) is 3. The highest BCUT2D eigenvalue weighted by Gasteiger charge is 2.27. The Morgan fingerprint density at radius 3 is 1.83 bits per heavy atom. The van der Waals surface area contributed by atoms with Crippen molar-refractivity contribution < 1.29 is 24.3 Å². The van der Waals surface area contributed by atoms with Gasteiger partial charge in [-0.25, -0.2) is 0 Å². The van der Waals surface area contributed by atoms with Gasteiger partial charge in [0.05, 0.1) is 6.04 Å². The van der Waals surface area contributed by atoms with Gasteiger partial charge >= 0.3 is 5.97 Å². The first-order valence-corrected chi connectivity index (χ1v) is 8.48. The van der Waals surface area contributed by atoms with E-state index in [9.17, 15) is 19.2 Å². The number of hydrogen-bond donors (Lipinski definition) is 7. The van der Waals surface area contributed by atoms with Crippen LogP contribution < -0.4 is 21.7 Å². The van der Waals surface area contributed by atoms with E-state index < -0.39 is 48.4 Å². The summed E-state index contributed by atoms with van der Waals surface area (Å²) in [5.74, 6) is -3.20. The van der Waals surface area contributed by atoms with Crippen molar-refractivity contribution in [3.63, 3.8) is 0 Å². The van der Waals surface area contributed by atoms with E-state index in [0.29, 0.717) is 0 Å². The van der Waals surface area contributed by atoms with E-state index in [1.54, 1.807) is 13.8 Å². The van der Waals surface area contributed by atoms with Gasteiger partial charge in [0, 0.05) is 11.5 Å². The summed E-state index contributed by atoms with van der Waals surface area (Å²) in [4.78, 5) is 46.3. The molecule has 0 saturated carbocycles. The molecular weight excluding hydrogens is 356 g/mol. The van der Waals surface area contributed by atoms with Crippen LogP contribution in [0.4, 0.5) is 0 Å². The number of amides is 3. The monoisotopic (exact) mass is 380 g/mol. The minimum Gasteiger partial charge on any atom is -0.480 e. The summed E-state index contributed by atoms with van der Waals surface area (Å²) in [5, 5.41) is 15.5. The fraction of sp³-hybridized carbons (Fsp3) is 0.692. The molecular formula is C13H24N4O5S2. The van der Waals surface area contributed by atoms with Gasteiger partial charge in [-0.05, 0) is 5.92 Å². The van der Waals surface area contributed by atoms with E-state index in [2.05, 4.69) is 41.2 Å². The van der Waals surface area contributed by atoms with Gasteiger partial charge in [0.25, 0.3) is 0 Å². The fourth-order valence-electron chi connectivity index (χ4n) is 1.52. The Balaban J connectivity index is 4.74. The first kappa shape index (κ1) is 22.5. The minimum absolute atomic E-state index is 0.00156. The number of carbonyl (C=O) groups excluding carboxylic acids is 3. The number of aliphatic carboxylic acids is 1. The topological polar surface area (TPSA) is 151 Å². The number of carbonyl (C=O) groups is 4. The van der Waals surface area contributed by atoms with E-state index in [0.717, 1.165) is 0 Å². The average molecular weight is 380 g/mol. The zero-order valence-corrected chi connectivity index (χ0v) is 15.3. The number of thiol groups is 2. The summed E-state index contributed by atoms with van der Waals surface area (Å²) >= 11 is 7.96. The van der Waals surface area contributed by atoms with Gasteiger partial charge in [-0.3, -0.25) is 19.2 Å². The molecule has 0 bridgehead atoms. The van der Waals surface area contributed by atoms with E-state index in [1.165, 1.54) is 0 Å². The molecule has 6 N–H and O–H groups in total. The molecule has 0 heterocycles. The highest BCUT2D eigenvalue weighted by atomic mass is 32.1. The molecule has 24 heavy (non-hydrogen) atoms. The lowest BCUT2D eigenvalue weighted by atomic mass is 10.0. The second kappa shape index (κ2) is 11.2. The van der Waals surface area contributed by atoms with Crippen LogP contribution in [0.2, 0.25) is 0 Å². The van der Waals surface area contributed by atoms with E-state index in [1.807, 2.05) is 0 Å². The maximum atomic E-state index is 12.2. The molecule has 0 aromatic rings. The van der Waals surface area contributed by atoms with Crippen molar-refractivity contribution in [2.75, 3.05) is 18.1 Å². The summed E-state index contributed by atoms with van der Waals surface area (Å²) in [6, 6.07) is -2.81. The van der Waals surface area contributed by atoms with Gasteiger partial charge in [-0.15, -0.1) is 0 Å². The van der Waals surface area contributed by atoms with Crippen molar-refractivity contribution >= 4 is 48.9 Å². The van der Waals surface area contributed by atoms with E-state index >= 15 is 0 Å². The molecule has 0 rings (SSSR count). The number of carboxylic acids is 1. The maximum absolute atomic E-state index is 12.2. The lowest BCUT2D eigenvalue weighted by Crippen LogP contribution is -2.57. The Bertz CT molecular complexity index is 475. The largest absolute Gasteiger partial charge is 0.480 e. The molecule has 0 aliphatic rings. The summed E-state index contributed by atoms with van der Waals surface area (Å²) in [6.07, 6.45) is 0. The zero-order valence-electron chi connectivity index (χ0n) is 13.5. The molecule has 0 spiro atoms. The van der Waals surface area contributed by atoms with Gasteiger partial charge in [-0.2, -0.15) is 25.3 Å².